The number of hydrogen-bond donors (Lipinski definition) is 2. The first-order valence-electron chi connectivity index (χ1n) is 3.74. The molecule has 0 aliphatic rings. The molecule has 0 amide bonds. The van der Waals surface area contributed by atoms with E-state index in [1.807, 2.05) is 0 Å². The molecular formula is C9H5ClO3S. The van der Waals surface area contributed by atoms with Crippen LogP contribution in [0, 0.1) is 0 Å². The van der Waals surface area contributed by atoms with E-state index in [0.29, 0.717) is 10.1 Å². The van der Waals surface area contributed by atoms with Gasteiger partial charge in [-0.15, -0.1) is 11.3 Å². The van der Waals surface area contributed by atoms with E-state index in [-0.39, 0.29) is 15.6 Å². The molecule has 1 heterocycles. The summed E-state index contributed by atoms with van der Waals surface area (Å²) in [7, 11) is 0. The Balaban J connectivity index is 2.86. The number of carbonyl (C=O) groups is 1. The fraction of sp³-hybridized carbons (Fsp3) is 0. The lowest BCUT2D eigenvalue weighted by molar-refractivity contribution is 0.0702. The Hall–Kier alpha value is -1.26. The third-order valence-electron chi connectivity index (χ3n) is 1.83. The SMILES string of the molecule is O=C(O)c1sc2c(O)cccc2c1Cl. The molecule has 0 fully saturated rings. The van der Waals surface area contributed by atoms with Crippen LogP contribution in [0.15, 0.2) is 18.2 Å². The number of phenolic OH excluding ortho intramolecular Hbond substituents is 1. The maximum absolute atomic E-state index is 10.7. The molecule has 0 saturated heterocycles. The summed E-state index contributed by atoms with van der Waals surface area (Å²) in [5.41, 5.74) is 0. The zero-order valence-corrected chi connectivity index (χ0v) is 8.39. The van der Waals surface area contributed by atoms with Gasteiger partial charge in [0.2, 0.25) is 0 Å². The minimum absolute atomic E-state index is 0.0573. The number of benzene rings is 1. The van der Waals surface area contributed by atoms with E-state index in [0.717, 1.165) is 11.3 Å². The first-order valence-corrected chi connectivity index (χ1v) is 4.94. The fourth-order valence-corrected chi connectivity index (χ4v) is 2.57. The molecule has 2 rings (SSSR count). The van der Waals surface area contributed by atoms with Gasteiger partial charge in [0.15, 0.2) is 0 Å². The summed E-state index contributed by atoms with van der Waals surface area (Å²) >= 11 is 6.82. The maximum Gasteiger partial charge on any atom is 0.347 e. The number of halogens is 1. The summed E-state index contributed by atoms with van der Waals surface area (Å²) in [5.74, 6) is -1.02. The summed E-state index contributed by atoms with van der Waals surface area (Å²) in [6.07, 6.45) is 0. The van der Waals surface area contributed by atoms with Crippen molar-refractivity contribution in [3.05, 3.63) is 28.1 Å². The quantitative estimate of drug-likeness (QED) is 0.789. The third-order valence-corrected chi connectivity index (χ3v) is 3.55. The van der Waals surface area contributed by atoms with E-state index in [1.165, 1.54) is 6.07 Å². The highest BCUT2D eigenvalue weighted by atomic mass is 35.5. The highest BCUT2D eigenvalue weighted by Gasteiger charge is 2.17. The van der Waals surface area contributed by atoms with Crippen molar-refractivity contribution in [2.45, 2.75) is 0 Å². The number of thiophene rings is 1. The Morgan fingerprint density at radius 1 is 1.43 bits per heavy atom. The van der Waals surface area contributed by atoms with E-state index in [9.17, 15) is 9.90 Å². The van der Waals surface area contributed by atoms with E-state index in [2.05, 4.69) is 0 Å². The lowest BCUT2D eigenvalue weighted by Gasteiger charge is -1.92. The molecule has 0 bridgehead atoms. The predicted molar refractivity (Wildman–Crippen MR) is 55.5 cm³/mol. The first kappa shape index (κ1) is 9.30. The van der Waals surface area contributed by atoms with Crippen LogP contribution in [0.1, 0.15) is 9.67 Å². The summed E-state index contributed by atoms with van der Waals surface area (Å²) in [6.45, 7) is 0. The molecule has 2 N–H and O–H groups in total. The minimum atomic E-state index is -1.07. The normalized spacial score (nSPS) is 10.6. The number of hydrogen-bond acceptors (Lipinski definition) is 3. The minimum Gasteiger partial charge on any atom is -0.506 e. The average Bonchev–Trinajstić information content (AvgIpc) is 2.46. The molecule has 0 aliphatic heterocycles. The molecule has 0 saturated carbocycles. The number of carboxylic acids is 1. The Kier molecular flexibility index (Phi) is 2.09. The van der Waals surface area contributed by atoms with E-state index < -0.39 is 5.97 Å². The summed E-state index contributed by atoms with van der Waals surface area (Å²) < 4.78 is 0.509. The van der Waals surface area contributed by atoms with Crippen molar-refractivity contribution in [3.63, 3.8) is 0 Å². The predicted octanol–water partition coefficient (Wildman–Crippen LogP) is 2.96. The maximum atomic E-state index is 10.7. The molecule has 0 unspecified atom stereocenters. The van der Waals surface area contributed by atoms with Gasteiger partial charge in [0.05, 0.1) is 9.72 Å². The van der Waals surface area contributed by atoms with Gasteiger partial charge in [-0.1, -0.05) is 23.7 Å². The molecule has 14 heavy (non-hydrogen) atoms. The van der Waals surface area contributed by atoms with Crippen molar-refractivity contribution in [1.29, 1.82) is 0 Å². The second-order valence-corrected chi connectivity index (χ2v) is 4.10. The topological polar surface area (TPSA) is 57.5 Å². The van der Waals surface area contributed by atoms with E-state index in [4.69, 9.17) is 16.7 Å². The van der Waals surface area contributed by atoms with Crippen molar-refractivity contribution in [1.82, 2.24) is 0 Å². The molecule has 1 aromatic carbocycles. The number of rotatable bonds is 1. The Labute approximate surface area is 88.2 Å². The molecule has 5 heteroatoms. The summed E-state index contributed by atoms with van der Waals surface area (Å²) in [4.78, 5) is 10.8. The molecule has 1 aromatic heterocycles. The lowest BCUT2D eigenvalue weighted by Crippen LogP contribution is -1.91. The number of aromatic hydroxyl groups is 1. The van der Waals surface area contributed by atoms with Crippen LogP contribution in [0.3, 0.4) is 0 Å². The van der Waals surface area contributed by atoms with Crippen LogP contribution in [0.4, 0.5) is 0 Å². The Bertz CT molecular complexity index is 518. The highest BCUT2D eigenvalue weighted by Crippen LogP contribution is 2.39. The third kappa shape index (κ3) is 1.23. The Morgan fingerprint density at radius 2 is 2.14 bits per heavy atom. The van der Waals surface area contributed by atoms with Crippen LogP contribution in [0.25, 0.3) is 10.1 Å². The second kappa shape index (κ2) is 3.15. The van der Waals surface area contributed by atoms with Gasteiger partial charge < -0.3 is 10.2 Å². The van der Waals surface area contributed by atoms with Gasteiger partial charge in [0, 0.05) is 5.39 Å². The van der Waals surface area contributed by atoms with Crippen molar-refractivity contribution < 1.29 is 15.0 Å². The van der Waals surface area contributed by atoms with Crippen molar-refractivity contribution in [3.8, 4) is 5.75 Å². The Morgan fingerprint density at radius 3 is 2.71 bits per heavy atom. The molecule has 0 aliphatic carbocycles. The van der Waals surface area contributed by atoms with Crippen LogP contribution in [0.2, 0.25) is 5.02 Å². The first-order chi connectivity index (χ1) is 6.61. The smallest absolute Gasteiger partial charge is 0.347 e. The van der Waals surface area contributed by atoms with Crippen LogP contribution in [-0.4, -0.2) is 16.2 Å². The van der Waals surface area contributed by atoms with E-state index >= 15 is 0 Å². The molecule has 0 atom stereocenters. The van der Waals surface area contributed by atoms with Gasteiger partial charge >= 0.3 is 5.97 Å². The van der Waals surface area contributed by atoms with Gasteiger partial charge in [0.1, 0.15) is 10.6 Å². The van der Waals surface area contributed by atoms with Gasteiger partial charge in [-0.2, -0.15) is 0 Å². The van der Waals surface area contributed by atoms with Crippen LogP contribution < -0.4 is 0 Å². The number of carboxylic acid groups (broad SMARTS) is 1. The molecule has 72 valence electrons. The van der Waals surface area contributed by atoms with Gasteiger partial charge in [-0.05, 0) is 6.07 Å². The number of phenols is 1. The van der Waals surface area contributed by atoms with Gasteiger partial charge in [-0.3, -0.25) is 0 Å². The molecular weight excluding hydrogens is 224 g/mol. The molecule has 0 spiro atoms. The zero-order chi connectivity index (χ0) is 10.3. The van der Waals surface area contributed by atoms with Crippen molar-refractivity contribution in [2.75, 3.05) is 0 Å². The van der Waals surface area contributed by atoms with Gasteiger partial charge in [0.25, 0.3) is 0 Å². The van der Waals surface area contributed by atoms with Crippen LogP contribution in [-0.2, 0) is 0 Å². The second-order valence-electron chi connectivity index (χ2n) is 2.70. The largest absolute Gasteiger partial charge is 0.506 e. The molecule has 3 nitrogen and oxygen atoms in total. The number of aromatic carboxylic acids is 1. The summed E-state index contributed by atoms with van der Waals surface area (Å²) in [5, 5.41) is 19.0. The lowest BCUT2D eigenvalue weighted by atomic mass is 10.2. The van der Waals surface area contributed by atoms with Gasteiger partial charge in [-0.25, -0.2) is 4.79 Å². The summed E-state index contributed by atoms with van der Waals surface area (Å²) in [6, 6.07) is 4.81. The fourth-order valence-electron chi connectivity index (χ4n) is 1.21. The van der Waals surface area contributed by atoms with Crippen molar-refractivity contribution >= 4 is 39.0 Å². The number of fused-ring (bicyclic) bond motifs is 1. The van der Waals surface area contributed by atoms with Crippen molar-refractivity contribution in [2.24, 2.45) is 0 Å². The molecule has 0 radical (unpaired) electrons. The highest BCUT2D eigenvalue weighted by molar-refractivity contribution is 7.21. The molecule has 2 aromatic rings. The zero-order valence-electron chi connectivity index (χ0n) is 6.82. The monoisotopic (exact) mass is 228 g/mol. The average molecular weight is 229 g/mol. The van der Waals surface area contributed by atoms with Crippen LogP contribution >= 0.6 is 22.9 Å². The van der Waals surface area contributed by atoms with E-state index in [1.54, 1.807) is 12.1 Å². The standard InChI is InChI=1S/C9H5ClO3S/c10-6-4-2-1-3-5(11)7(4)14-8(6)9(12)13/h1-3,11H,(H,12,13). The van der Waals surface area contributed by atoms with Crippen LogP contribution in [0.5, 0.6) is 5.75 Å².